The lowest BCUT2D eigenvalue weighted by molar-refractivity contribution is 0.607. The standard InChI is InChI=1S/C12H11BrCl2N2O2S/c1-7(2)10-11(20(15,18)19)12(14)17(16-10)9-5-3-8(13)4-6-9/h3-7H,1-2H3. The summed E-state index contributed by atoms with van der Waals surface area (Å²) in [5, 5.41) is 4.27. The van der Waals surface area contributed by atoms with E-state index in [1.54, 1.807) is 12.1 Å². The fourth-order valence-corrected chi connectivity index (χ4v) is 3.95. The van der Waals surface area contributed by atoms with Crippen molar-refractivity contribution < 1.29 is 8.42 Å². The maximum atomic E-state index is 11.7. The van der Waals surface area contributed by atoms with Crippen molar-refractivity contribution in [2.24, 2.45) is 0 Å². The fraction of sp³-hybridized carbons (Fsp3) is 0.250. The number of aromatic nitrogens is 2. The number of halogens is 3. The summed E-state index contributed by atoms with van der Waals surface area (Å²) in [7, 11) is 1.51. The molecule has 4 nitrogen and oxygen atoms in total. The minimum atomic E-state index is -3.96. The average molecular weight is 398 g/mol. The van der Waals surface area contributed by atoms with Crippen LogP contribution in [0.15, 0.2) is 33.6 Å². The first-order valence-electron chi connectivity index (χ1n) is 5.71. The normalized spacial score (nSPS) is 12.1. The molecule has 1 heterocycles. The molecule has 2 rings (SSSR count). The van der Waals surface area contributed by atoms with Crippen LogP contribution in [0.25, 0.3) is 5.69 Å². The summed E-state index contributed by atoms with van der Waals surface area (Å²) in [4.78, 5) is -0.126. The molecular weight excluding hydrogens is 387 g/mol. The molecule has 0 atom stereocenters. The summed E-state index contributed by atoms with van der Waals surface area (Å²) in [5.74, 6) is -0.118. The highest BCUT2D eigenvalue weighted by molar-refractivity contribution is 9.10. The summed E-state index contributed by atoms with van der Waals surface area (Å²) in [6.07, 6.45) is 0. The van der Waals surface area contributed by atoms with Crippen molar-refractivity contribution in [2.75, 3.05) is 0 Å². The molecule has 1 aromatic carbocycles. The lowest BCUT2D eigenvalue weighted by atomic mass is 10.1. The Labute approximate surface area is 135 Å². The molecule has 0 amide bonds. The Kier molecular flexibility index (Phi) is 4.49. The molecule has 108 valence electrons. The van der Waals surface area contributed by atoms with E-state index in [-0.39, 0.29) is 16.0 Å². The summed E-state index contributed by atoms with van der Waals surface area (Å²) in [6, 6.07) is 7.18. The van der Waals surface area contributed by atoms with Crippen LogP contribution in [0.2, 0.25) is 5.15 Å². The Balaban J connectivity index is 2.71. The number of benzene rings is 1. The maximum absolute atomic E-state index is 11.7. The fourth-order valence-electron chi connectivity index (χ4n) is 1.76. The Bertz CT molecular complexity index is 740. The second-order valence-electron chi connectivity index (χ2n) is 4.49. The molecule has 1 aromatic heterocycles. The molecule has 0 unspecified atom stereocenters. The summed E-state index contributed by atoms with van der Waals surface area (Å²) >= 11 is 9.49. The van der Waals surface area contributed by atoms with Crippen molar-refractivity contribution in [3.05, 3.63) is 39.6 Å². The van der Waals surface area contributed by atoms with Gasteiger partial charge in [-0.3, -0.25) is 0 Å². The number of hydrogen-bond donors (Lipinski definition) is 0. The van der Waals surface area contributed by atoms with Gasteiger partial charge in [0.1, 0.15) is 4.90 Å². The van der Waals surface area contributed by atoms with Gasteiger partial charge in [-0.15, -0.1) is 0 Å². The van der Waals surface area contributed by atoms with Crippen LogP contribution in [-0.2, 0) is 9.05 Å². The highest BCUT2D eigenvalue weighted by atomic mass is 79.9. The van der Waals surface area contributed by atoms with E-state index in [9.17, 15) is 8.42 Å². The molecule has 0 saturated heterocycles. The summed E-state index contributed by atoms with van der Waals surface area (Å²) in [5.41, 5.74) is 1.01. The molecule has 2 aromatic rings. The van der Waals surface area contributed by atoms with E-state index in [1.807, 2.05) is 26.0 Å². The molecule has 20 heavy (non-hydrogen) atoms. The van der Waals surface area contributed by atoms with Crippen LogP contribution in [0.5, 0.6) is 0 Å². The molecular formula is C12H11BrCl2N2O2S. The third-order valence-electron chi connectivity index (χ3n) is 2.68. The zero-order valence-electron chi connectivity index (χ0n) is 10.6. The zero-order chi connectivity index (χ0) is 15.1. The molecule has 0 spiro atoms. The second-order valence-corrected chi connectivity index (χ2v) is 8.26. The van der Waals surface area contributed by atoms with Crippen molar-refractivity contribution in [1.82, 2.24) is 9.78 Å². The Hall–Kier alpha value is -0.560. The molecule has 0 saturated carbocycles. The first kappa shape index (κ1) is 15.8. The van der Waals surface area contributed by atoms with Crippen molar-refractivity contribution in [1.29, 1.82) is 0 Å². The molecule has 0 aliphatic rings. The van der Waals surface area contributed by atoms with Gasteiger partial charge in [0.15, 0.2) is 5.15 Å². The number of nitrogens with zero attached hydrogens (tertiary/aromatic N) is 2. The SMILES string of the molecule is CC(C)c1nn(-c2ccc(Br)cc2)c(Cl)c1S(=O)(=O)Cl. The van der Waals surface area contributed by atoms with Crippen molar-refractivity contribution in [3.63, 3.8) is 0 Å². The van der Waals surface area contributed by atoms with Crippen LogP contribution in [-0.4, -0.2) is 18.2 Å². The van der Waals surface area contributed by atoms with E-state index in [1.165, 1.54) is 4.68 Å². The van der Waals surface area contributed by atoms with Crippen molar-refractivity contribution in [3.8, 4) is 5.69 Å². The predicted octanol–water partition coefficient (Wildman–Crippen LogP) is 4.34. The first-order chi connectivity index (χ1) is 9.21. The lowest BCUT2D eigenvalue weighted by Gasteiger charge is -2.03. The van der Waals surface area contributed by atoms with E-state index < -0.39 is 9.05 Å². The highest BCUT2D eigenvalue weighted by Gasteiger charge is 2.28. The van der Waals surface area contributed by atoms with Crippen LogP contribution in [0.4, 0.5) is 0 Å². The average Bonchev–Trinajstić information content (AvgIpc) is 2.68. The molecule has 0 fully saturated rings. The van der Waals surface area contributed by atoms with Gasteiger partial charge in [0.05, 0.1) is 11.4 Å². The van der Waals surface area contributed by atoms with E-state index in [2.05, 4.69) is 21.0 Å². The smallest absolute Gasteiger partial charge is 0.220 e. The van der Waals surface area contributed by atoms with Gasteiger partial charge in [-0.05, 0) is 30.2 Å². The molecule has 0 aliphatic carbocycles. The van der Waals surface area contributed by atoms with Gasteiger partial charge < -0.3 is 0 Å². The van der Waals surface area contributed by atoms with Crippen LogP contribution in [0, 0.1) is 0 Å². The minimum Gasteiger partial charge on any atom is -0.220 e. The van der Waals surface area contributed by atoms with E-state index in [0.29, 0.717) is 11.4 Å². The maximum Gasteiger partial charge on any atom is 0.266 e. The van der Waals surface area contributed by atoms with Gasteiger partial charge in [0.25, 0.3) is 9.05 Å². The summed E-state index contributed by atoms with van der Waals surface area (Å²) < 4.78 is 25.7. The van der Waals surface area contributed by atoms with Crippen LogP contribution in [0.1, 0.15) is 25.5 Å². The Morgan fingerprint density at radius 2 is 1.80 bits per heavy atom. The zero-order valence-corrected chi connectivity index (χ0v) is 14.6. The largest absolute Gasteiger partial charge is 0.266 e. The lowest BCUT2D eigenvalue weighted by Crippen LogP contribution is -1.98. The Morgan fingerprint density at radius 3 is 2.20 bits per heavy atom. The van der Waals surface area contributed by atoms with E-state index >= 15 is 0 Å². The van der Waals surface area contributed by atoms with Gasteiger partial charge >= 0.3 is 0 Å². The molecule has 8 heteroatoms. The molecule has 0 bridgehead atoms. The first-order valence-corrected chi connectivity index (χ1v) is 9.19. The van der Waals surface area contributed by atoms with Crippen molar-refractivity contribution in [2.45, 2.75) is 24.7 Å². The third kappa shape index (κ3) is 3.03. The Morgan fingerprint density at radius 1 is 1.25 bits per heavy atom. The summed E-state index contributed by atoms with van der Waals surface area (Å²) in [6.45, 7) is 3.66. The van der Waals surface area contributed by atoms with Gasteiger partial charge in [-0.1, -0.05) is 41.4 Å². The highest BCUT2D eigenvalue weighted by Crippen LogP contribution is 2.34. The topological polar surface area (TPSA) is 52.0 Å². The van der Waals surface area contributed by atoms with Crippen molar-refractivity contribution >= 4 is 47.3 Å². The van der Waals surface area contributed by atoms with Gasteiger partial charge in [0, 0.05) is 15.2 Å². The van der Waals surface area contributed by atoms with Gasteiger partial charge in [0.2, 0.25) is 0 Å². The molecule has 0 N–H and O–H groups in total. The second kappa shape index (κ2) is 5.67. The quantitative estimate of drug-likeness (QED) is 0.723. The van der Waals surface area contributed by atoms with Gasteiger partial charge in [-0.2, -0.15) is 5.10 Å². The van der Waals surface area contributed by atoms with Crippen LogP contribution < -0.4 is 0 Å². The van der Waals surface area contributed by atoms with Crippen LogP contribution in [0.3, 0.4) is 0 Å². The number of hydrogen-bond acceptors (Lipinski definition) is 3. The monoisotopic (exact) mass is 396 g/mol. The predicted molar refractivity (Wildman–Crippen MR) is 83.4 cm³/mol. The van der Waals surface area contributed by atoms with E-state index in [4.69, 9.17) is 22.3 Å². The molecule has 0 radical (unpaired) electrons. The van der Waals surface area contributed by atoms with Gasteiger partial charge in [-0.25, -0.2) is 13.1 Å². The number of rotatable bonds is 3. The third-order valence-corrected chi connectivity index (χ3v) is 5.02. The van der Waals surface area contributed by atoms with Crippen LogP contribution >= 0.6 is 38.2 Å². The minimum absolute atomic E-state index is 0.00831. The molecule has 0 aliphatic heterocycles. The van der Waals surface area contributed by atoms with E-state index in [0.717, 1.165) is 4.47 Å².